The predicted molar refractivity (Wildman–Crippen MR) is 88.7 cm³/mol. The van der Waals surface area contributed by atoms with Crippen molar-refractivity contribution in [3.63, 3.8) is 0 Å². The van der Waals surface area contributed by atoms with Gasteiger partial charge in [-0.1, -0.05) is 11.6 Å². The van der Waals surface area contributed by atoms with Gasteiger partial charge in [0.25, 0.3) is 0 Å². The molecule has 6 heteroatoms. The van der Waals surface area contributed by atoms with E-state index in [0.717, 1.165) is 38.2 Å². The minimum atomic E-state index is 0.429. The zero-order valence-electron chi connectivity index (χ0n) is 12.9. The molecule has 1 aliphatic carbocycles. The van der Waals surface area contributed by atoms with Crippen LogP contribution in [0.3, 0.4) is 0 Å². The lowest BCUT2D eigenvalue weighted by Crippen LogP contribution is -2.23. The molecule has 0 N–H and O–H groups in total. The number of nitrogens with zero attached hydrogens (tertiary/aromatic N) is 5. The van der Waals surface area contributed by atoms with Gasteiger partial charge >= 0.3 is 0 Å². The van der Waals surface area contributed by atoms with E-state index in [1.165, 1.54) is 24.2 Å². The van der Waals surface area contributed by atoms with Gasteiger partial charge in [-0.05, 0) is 38.2 Å². The number of pyridine rings is 1. The van der Waals surface area contributed by atoms with Crippen molar-refractivity contribution in [2.75, 3.05) is 18.0 Å². The molecule has 0 radical (unpaired) electrons. The first-order valence-electron chi connectivity index (χ1n) is 8.11. The second-order valence-corrected chi connectivity index (χ2v) is 6.69. The number of hydrogen-bond donors (Lipinski definition) is 0. The third kappa shape index (κ3) is 2.57. The number of hydrogen-bond acceptors (Lipinski definition) is 4. The lowest BCUT2D eigenvalue weighted by Gasteiger charge is -2.21. The summed E-state index contributed by atoms with van der Waals surface area (Å²) in [5.41, 5.74) is 3.20. The van der Waals surface area contributed by atoms with Gasteiger partial charge in [0.15, 0.2) is 0 Å². The number of rotatable bonds is 2. The van der Waals surface area contributed by atoms with Crippen LogP contribution in [0.15, 0.2) is 18.6 Å². The Balaban J connectivity index is 1.56. The van der Waals surface area contributed by atoms with Gasteiger partial charge in [0, 0.05) is 25.0 Å². The molecule has 0 aromatic carbocycles. The molecule has 1 aliphatic heterocycles. The van der Waals surface area contributed by atoms with E-state index in [1.54, 1.807) is 12.3 Å². The first-order chi connectivity index (χ1) is 11.3. The normalized spacial score (nSPS) is 20.3. The molecule has 2 aliphatic rings. The molecular formula is C17H18ClN5. The van der Waals surface area contributed by atoms with E-state index < -0.39 is 0 Å². The molecule has 0 spiro atoms. The van der Waals surface area contributed by atoms with E-state index in [2.05, 4.69) is 25.5 Å². The fraction of sp³-hybridized carbons (Fsp3) is 0.471. The fourth-order valence-corrected chi connectivity index (χ4v) is 3.98. The topological polar surface area (TPSA) is 57.7 Å². The van der Waals surface area contributed by atoms with Gasteiger partial charge in [0.05, 0.1) is 28.6 Å². The van der Waals surface area contributed by atoms with Crippen LogP contribution in [0.1, 0.15) is 42.3 Å². The van der Waals surface area contributed by atoms with E-state index in [9.17, 15) is 0 Å². The molecule has 5 nitrogen and oxygen atoms in total. The summed E-state index contributed by atoms with van der Waals surface area (Å²) in [6.07, 6.45) is 9.44. The maximum atomic E-state index is 8.93. The van der Waals surface area contributed by atoms with E-state index in [4.69, 9.17) is 16.9 Å². The highest BCUT2D eigenvalue weighted by Gasteiger charge is 2.29. The summed E-state index contributed by atoms with van der Waals surface area (Å²) in [5.74, 6) is 0.780. The maximum Gasteiger partial charge on any atom is 0.147 e. The van der Waals surface area contributed by atoms with Crippen molar-refractivity contribution < 1.29 is 0 Å². The van der Waals surface area contributed by atoms with Crippen LogP contribution in [0.25, 0.3) is 0 Å². The molecular weight excluding hydrogens is 310 g/mol. The molecule has 1 saturated heterocycles. The van der Waals surface area contributed by atoms with Gasteiger partial charge in [0.2, 0.25) is 0 Å². The summed E-state index contributed by atoms with van der Waals surface area (Å²) in [6, 6.07) is 4.19. The minimum absolute atomic E-state index is 0.429. The Kier molecular flexibility index (Phi) is 3.70. The van der Waals surface area contributed by atoms with Crippen LogP contribution < -0.4 is 4.90 Å². The Bertz CT molecular complexity index is 776. The summed E-state index contributed by atoms with van der Waals surface area (Å²) < 4.78 is 2.37. The summed E-state index contributed by atoms with van der Waals surface area (Å²) >= 11 is 6.30. The molecule has 2 aromatic heterocycles. The van der Waals surface area contributed by atoms with Gasteiger partial charge < -0.3 is 9.47 Å². The van der Waals surface area contributed by atoms with E-state index in [1.807, 2.05) is 6.33 Å². The van der Waals surface area contributed by atoms with E-state index in [-0.39, 0.29) is 0 Å². The van der Waals surface area contributed by atoms with Crippen LogP contribution in [-0.4, -0.2) is 27.6 Å². The number of halogens is 1. The SMILES string of the molecule is N#Cc1cnc(N2CC[C@H](n3cnc4c3CCCC4)C2)c(Cl)c1. The van der Waals surface area contributed by atoms with Crippen LogP contribution in [0, 0.1) is 11.3 Å². The molecule has 1 fully saturated rings. The highest BCUT2D eigenvalue weighted by atomic mass is 35.5. The highest BCUT2D eigenvalue weighted by Crippen LogP contribution is 2.33. The second-order valence-electron chi connectivity index (χ2n) is 6.28. The van der Waals surface area contributed by atoms with Gasteiger partial charge in [-0.2, -0.15) is 5.26 Å². The molecule has 118 valence electrons. The quantitative estimate of drug-likeness (QED) is 0.850. The monoisotopic (exact) mass is 327 g/mol. The summed E-state index contributed by atoms with van der Waals surface area (Å²) in [6.45, 7) is 1.82. The Hall–Kier alpha value is -2.06. The van der Waals surface area contributed by atoms with E-state index in [0.29, 0.717) is 16.6 Å². The Morgan fingerprint density at radius 1 is 1.26 bits per heavy atom. The third-order valence-corrected chi connectivity index (χ3v) is 5.15. The molecule has 0 unspecified atom stereocenters. The summed E-state index contributed by atoms with van der Waals surface area (Å²) in [5, 5.41) is 9.48. The third-order valence-electron chi connectivity index (χ3n) is 4.87. The van der Waals surface area contributed by atoms with Crippen LogP contribution >= 0.6 is 11.6 Å². The summed E-state index contributed by atoms with van der Waals surface area (Å²) in [4.78, 5) is 11.2. The first kappa shape index (κ1) is 14.5. The number of aryl methyl sites for hydroxylation is 1. The molecule has 0 bridgehead atoms. The molecule has 0 amide bonds. The maximum absolute atomic E-state index is 8.93. The average Bonchev–Trinajstić information content (AvgIpc) is 3.21. The molecule has 1 atom stereocenters. The number of nitriles is 1. The second kappa shape index (κ2) is 5.86. The number of aromatic nitrogens is 3. The van der Waals surface area contributed by atoms with E-state index >= 15 is 0 Å². The zero-order chi connectivity index (χ0) is 15.8. The van der Waals surface area contributed by atoms with Crippen LogP contribution in [0.5, 0.6) is 0 Å². The highest BCUT2D eigenvalue weighted by molar-refractivity contribution is 6.33. The predicted octanol–water partition coefficient (Wildman–Crippen LogP) is 3.13. The Morgan fingerprint density at radius 3 is 2.96 bits per heavy atom. The number of imidazole rings is 1. The van der Waals surface area contributed by atoms with Crippen molar-refractivity contribution >= 4 is 17.4 Å². The van der Waals surface area contributed by atoms with Gasteiger partial charge in [-0.3, -0.25) is 0 Å². The van der Waals surface area contributed by atoms with Crippen LogP contribution in [-0.2, 0) is 12.8 Å². The standard InChI is InChI=1S/C17H18ClN5/c18-14-7-12(8-19)9-20-17(14)22-6-5-13(10-22)23-11-21-15-3-1-2-4-16(15)23/h7,9,11,13H,1-6,10H2/t13-/m0/s1. The van der Waals surface area contributed by atoms with Gasteiger partial charge in [0.1, 0.15) is 11.9 Å². The summed E-state index contributed by atoms with van der Waals surface area (Å²) in [7, 11) is 0. The van der Waals surface area contributed by atoms with Gasteiger partial charge in [-0.25, -0.2) is 9.97 Å². The van der Waals surface area contributed by atoms with Crippen molar-refractivity contribution in [1.82, 2.24) is 14.5 Å². The average molecular weight is 328 g/mol. The Labute approximate surface area is 140 Å². The number of anilines is 1. The lowest BCUT2D eigenvalue weighted by molar-refractivity contribution is 0.515. The van der Waals surface area contributed by atoms with Crippen molar-refractivity contribution in [3.8, 4) is 6.07 Å². The Morgan fingerprint density at radius 2 is 2.13 bits per heavy atom. The van der Waals surface area contributed by atoms with Crippen molar-refractivity contribution in [2.45, 2.75) is 38.1 Å². The largest absolute Gasteiger partial charge is 0.353 e. The smallest absolute Gasteiger partial charge is 0.147 e. The van der Waals surface area contributed by atoms with Crippen molar-refractivity contribution in [1.29, 1.82) is 5.26 Å². The van der Waals surface area contributed by atoms with Crippen LogP contribution in [0.2, 0.25) is 5.02 Å². The van der Waals surface area contributed by atoms with Crippen molar-refractivity contribution in [2.24, 2.45) is 0 Å². The lowest BCUT2D eigenvalue weighted by atomic mass is 10.0. The molecule has 4 rings (SSSR count). The molecule has 2 aromatic rings. The van der Waals surface area contributed by atoms with Gasteiger partial charge in [-0.15, -0.1) is 0 Å². The first-order valence-corrected chi connectivity index (χ1v) is 8.49. The van der Waals surface area contributed by atoms with Crippen molar-refractivity contribution in [3.05, 3.63) is 40.6 Å². The van der Waals surface area contributed by atoms with Crippen LogP contribution in [0.4, 0.5) is 5.82 Å². The number of fused-ring (bicyclic) bond motifs is 1. The minimum Gasteiger partial charge on any atom is -0.353 e. The molecule has 23 heavy (non-hydrogen) atoms. The molecule has 3 heterocycles. The fourth-order valence-electron chi connectivity index (χ4n) is 3.69. The molecule has 0 saturated carbocycles. The zero-order valence-corrected chi connectivity index (χ0v) is 13.6.